The molecule has 3 heterocycles. The van der Waals surface area contributed by atoms with Gasteiger partial charge in [0.2, 0.25) is 4.77 Å². The molecule has 0 aliphatic rings. The van der Waals surface area contributed by atoms with Gasteiger partial charge in [-0.3, -0.25) is 10.2 Å². The highest BCUT2D eigenvalue weighted by atomic mass is 32.1. The summed E-state index contributed by atoms with van der Waals surface area (Å²) in [6, 6.07) is 7.43. The van der Waals surface area contributed by atoms with Crippen molar-refractivity contribution >= 4 is 40.8 Å². The summed E-state index contributed by atoms with van der Waals surface area (Å²) in [5.41, 5.74) is 2.75. The second-order valence-corrected chi connectivity index (χ2v) is 5.87. The Labute approximate surface area is 121 Å². The van der Waals surface area contributed by atoms with Crippen LogP contribution in [0.3, 0.4) is 0 Å². The van der Waals surface area contributed by atoms with Gasteiger partial charge in [0, 0.05) is 0 Å². The number of thiophene rings is 2. The van der Waals surface area contributed by atoms with Crippen LogP contribution in [0.2, 0.25) is 0 Å². The van der Waals surface area contributed by atoms with Crippen LogP contribution in [0, 0.1) is 4.77 Å². The minimum Gasteiger partial charge on any atom is -0.266 e. The third-order valence-electron chi connectivity index (χ3n) is 2.37. The van der Waals surface area contributed by atoms with Gasteiger partial charge in [-0.2, -0.15) is 5.10 Å². The summed E-state index contributed by atoms with van der Waals surface area (Å²) in [7, 11) is 0. The predicted molar refractivity (Wildman–Crippen MR) is 78.7 cm³/mol. The zero-order chi connectivity index (χ0) is 13.2. The first-order chi connectivity index (χ1) is 9.25. The van der Waals surface area contributed by atoms with Gasteiger partial charge in [0.05, 0.1) is 9.75 Å². The smallest absolute Gasteiger partial charge is 0.266 e. The Kier molecular flexibility index (Phi) is 3.28. The van der Waals surface area contributed by atoms with E-state index in [0.717, 1.165) is 4.88 Å². The van der Waals surface area contributed by atoms with Gasteiger partial charge in [0.1, 0.15) is 0 Å². The summed E-state index contributed by atoms with van der Waals surface area (Å²) in [5, 5.41) is 10.6. The molecule has 0 saturated heterocycles. The Bertz CT molecular complexity index is 739. The number of amides is 1. The molecule has 19 heavy (non-hydrogen) atoms. The maximum Gasteiger partial charge on any atom is 0.280 e. The van der Waals surface area contributed by atoms with E-state index in [1.807, 2.05) is 29.0 Å². The summed E-state index contributed by atoms with van der Waals surface area (Å²) >= 11 is 8.04. The molecule has 0 atom stereocenters. The highest BCUT2D eigenvalue weighted by molar-refractivity contribution is 7.71. The molecular formula is C11H8N4OS3. The lowest BCUT2D eigenvalue weighted by molar-refractivity contribution is 0.101. The van der Waals surface area contributed by atoms with Crippen molar-refractivity contribution in [3.63, 3.8) is 0 Å². The molecule has 0 saturated carbocycles. The molecule has 0 unspecified atom stereocenters. The van der Waals surface area contributed by atoms with Crippen molar-refractivity contribution in [1.82, 2.24) is 14.9 Å². The Morgan fingerprint density at radius 3 is 2.79 bits per heavy atom. The quantitative estimate of drug-likeness (QED) is 0.731. The lowest BCUT2D eigenvalue weighted by Crippen LogP contribution is -2.22. The van der Waals surface area contributed by atoms with E-state index in [1.165, 1.54) is 27.3 Å². The summed E-state index contributed by atoms with van der Waals surface area (Å²) in [6.07, 6.45) is 0. The van der Waals surface area contributed by atoms with Crippen molar-refractivity contribution < 1.29 is 4.79 Å². The van der Waals surface area contributed by atoms with Crippen molar-refractivity contribution in [2.75, 3.05) is 5.43 Å². The Hall–Kier alpha value is -1.77. The summed E-state index contributed by atoms with van der Waals surface area (Å²) in [6.45, 7) is 0. The molecule has 0 spiro atoms. The molecule has 0 aromatic carbocycles. The molecule has 0 aliphatic heterocycles. The summed E-state index contributed by atoms with van der Waals surface area (Å²) < 4.78 is 1.84. The minimum absolute atomic E-state index is 0.203. The second kappa shape index (κ2) is 5.08. The number of nitrogens with one attached hydrogen (secondary N) is 2. The monoisotopic (exact) mass is 308 g/mol. The lowest BCUT2D eigenvalue weighted by Gasteiger charge is -2.06. The molecule has 3 aromatic heterocycles. The number of aromatic amines is 1. The van der Waals surface area contributed by atoms with Crippen molar-refractivity contribution in [1.29, 1.82) is 0 Å². The van der Waals surface area contributed by atoms with E-state index >= 15 is 0 Å². The van der Waals surface area contributed by atoms with E-state index < -0.39 is 0 Å². The Morgan fingerprint density at radius 2 is 2.11 bits per heavy atom. The molecular weight excluding hydrogens is 300 g/mol. The van der Waals surface area contributed by atoms with Gasteiger partial charge in [0.15, 0.2) is 5.82 Å². The van der Waals surface area contributed by atoms with Crippen molar-refractivity contribution in [2.24, 2.45) is 0 Å². The van der Waals surface area contributed by atoms with E-state index in [4.69, 9.17) is 12.2 Å². The zero-order valence-corrected chi connectivity index (χ0v) is 11.9. The average molecular weight is 308 g/mol. The SMILES string of the molecule is O=C(Nn1c(-c2cccs2)n[nH]c1=S)c1cccs1. The molecule has 0 bridgehead atoms. The number of H-pyrrole nitrogens is 1. The summed E-state index contributed by atoms with van der Waals surface area (Å²) in [4.78, 5) is 13.6. The first-order valence-corrected chi connectivity index (χ1v) is 7.48. The van der Waals surface area contributed by atoms with Gasteiger partial charge < -0.3 is 0 Å². The molecule has 3 aromatic rings. The first-order valence-electron chi connectivity index (χ1n) is 5.32. The van der Waals surface area contributed by atoms with Crippen LogP contribution in [0.1, 0.15) is 9.67 Å². The lowest BCUT2D eigenvalue weighted by atomic mass is 10.4. The predicted octanol–water partition coefficient (Wildman–Crippen LogP) is 3.11. The van der Waals surface area contributed by atoms with E-state index in [1.54, 1.807) is 6.07 Å². The van der Waals surface area contributed by atoms with Crippen LogP contribution >= 0.6 is 34.9 Å². The number of carbonyl (C=O) groups is 1. The average Bonchev–Trinajstić information content (AvgIpc) is 3.10. The maximum atomic E-state index is 12.0. The first kappa shape index (κ1) is 12.3. The summed E-state index contributed by atoms with van der Waals surface area (Å²) in [5.74, 6) is 0.398. The van der Waals surface area contributed by atoms with Crippen LogP contribution in [-0.2, 0) is 0 Å². The standard InChI is InChI=1S/C11H8N4OS3/c16-10(8-4-2-6-19-8)14-15-9(12-13-11(15)17)7-3-1-5-18-7/h1-6H,(H,13,17)(H,14,16). The number of carbonyl (C=O) groups excluding carboxylic acids is 1. The van der Waals surface area contributed by atoms with E-state index in [9.17, 15) is 4.79 Å². The van der Waals surface area contributed by atoms with Crippen molar-refractivity contribution in [2.45, 2.75) is 0 Å². The topological polar surface area (TPSA) is 62.7 Å². The fraction of sp³-hybridized carbons (Fsp3) is 0. The van der Waals surface area contributed by atoms with Gasteiger partial charge in [0.25, 0.3) is 5.91 Å². The van der Waals surface area contributed by atoms with Crippen LogP contribution in [0.15, 0.2) is 35.0 Å². The van der Waals surface area contributed by atoms with Gasteiger partial charge in [-0.25, -0.2) is 9.77 Å². The number of nitrogens with zero attached hydrogens (tertiary/aromatic N) is 2. The van der Waals surface area contributed by atoms with E-state index in [-0.39, 0.29) is 5.91 Å². The van der Waals surface area contributed by atoms with Crippen LogP contribution in [0.4, 0.5) is 0 Å². The molecule has 0 aliphatic carbocycles. The second-order valence-electron chi connectivity index (χ2n) is 3.58. The molecule has 0 fully saturated rings. The van der Waals surface area contributed by atoms with E-state index in [2.05, 4.69) is 15.6 Å². The van der Waals surface area contributed by atoms with E-state index in [0.29, 0.717) is 15.5 Å². The highest BCUT2D eigenvalue weighted by Gasteiger charge is 2.13. The normalized spacial score (nSPS) is 10.5. The third-order valence-corrected chi connectivity index (χ3v) is 4.38. The fourth-order valence-electron chi connectivity index (χ4n) is 1.54. The fourth-order valence-corrected chi connectivity index (χ4v) is 3.03. The third kappa shape index (κ3) is 2.37. The van der Waals surface area contributed by atoms with Crippen molar-refractivity contribution in [3.8, 4) is 10.7 Å². The zero-order valence-electron chi connectivity index (χ0n) is 9.49. The van der Waals surface area contributed by atoms with Gasteiger partial charge in [-0.15, -0.1) is 22.7 Å². The van der Waals surface area contributed by atoms with Crippen LogP contribution in [0.25, 0.3) is 10.7 Å². The van der Waals surface area contributed by atoms with Gasteiger partial charge in [-0.05, 0) is 35.1 Å². The molecule has 0 radical (unpaired) electrons. The van der Waals surface area contributed by atoms with Gasteiger partial charge >= 0.3 is 0 Å². The number of aromatic nitrogens is 3. The molecule has 2 N–H and O–H groups in total. The number of hydrogen-bond donors (Lipinski definition) is 2. The van der Waals surface area contributed by atoms with Crippen molar-refractivity contribution in [3.05, 3.63) is 44.7 Å². The Morgan fingerprint density at radius 1 is 1.32 bits per heavy atom. The molecule has 8 heteroatoms. The van der Waals surface area contributed by atoms with Crippen LogP contribution in [0.5, 0.6) is 0 Å². The molecule has 1 amide bonds. The number of rotatable bonds is 3. The largest absolute Gasteiger partial charge is 0.280 e. The maximum absolute atomic E-state index is 12.0. The minimum atomic E-state index is -0.203. The highest BCUT2D eigenvalue weighted by Crippen LogP contribution is 2.22. The number of hydrogen-bond acceptors (Lipinski definition) is 5. The molecule has 96 valence electrons. The van der Waals surface area contributed by atoms with Gasteiger partial charge in [-0.1, -0.05) is 12.1 Å². The van der Waals surface area contributed by atoms with Crippen LogP contribution in [-0.4, -0.2) is 20.8 Å². The molecule has 5 nitrogen and oxygen atoms in total. The molecule has 3 rings (SSSR count). The van der Waals surface area contributed by atoms with Crippen LogP contribution < -0.4 is 5.43 Å². The Balaban J connectivity index is 1.95.